The average molecular weight is 433 g/mol. The summed E-state index contributed by atoms with van der Waals surface area (Å²) in [4.78, 5) is 19.4. The molecule has 1 amide bonds. The molecule has 0 saturated carbocycles. The summed E-state index contributed by atoms with van der Waals surface area (Å²) in [6.07, 6.45) is 7.59. The molecule has 1 N–H and O–H groups in total. The Balaban J connectivity index is 1.12. The van der Waals surface area contributed by atoms with Crippen molar-refractivity contribution in [2.24, 2.45) is 11.8 Å². The fourth-order valence-electron chi connectivity index (χ4n) is 4.83. The Morgan fingerprint density at radius 2 is 2.09 bits per heavy atom. The molecule has 2 bridgehead atoms. The van der Waals surface area contributed by atoms with E-state index in [0.29, 0.717) is 25.1 Å². The van der Waals surface area contributed by atoms with Gasteiger partial charge in [-0.15, -0.1) is 5.10 Å². The molecule has 1 unspecified atom stereocenters. The first kappa shape index (κ1) is 20.6. The quantitative estimate of drug-likeness (QED) is 0.588. The van der Waals surface area contributed by atoms with Crippen molar-refractivity contribution in [2.45, 2.75) is 38.6 Å². The van der Waals surface area contributed by atoms with Gasteiger partial charge >= 0.3 is 0 Å². The maximum Gasteiger partial charge on any atom is 0.224 e. The fourth-order valence-corrected chi connectivity index (χ4v) is 4.83. The second-order valence-electron chi connectivity index (χ2n) is 8.65. The van der Waals surface area contributed by atoms with Crippen molar-refractivity contribution in [3.05, 3.63) is 72.3 Å². The van der Waals surface area contributed by atoms with Crippen LogP contribution in [0.3, 0.4) is 0 Å². The lowest BCUT2D eigenvalue weighted by Gasteiger charge is -2.49. The van der Waals surface area contributed by atoms with Crippen LogP contribution < -0.4 is 10.1 Å². The van der Waals surface area contributed by atoms with Crippen molar-refractivity contribution in [1.29, 1.82) is 0 Å². The average Bonchev–Trinajstić information content (AvgIpc) is 3.30. The second kappa shape index (κ2) is 9.48. The van der Waals surface area contributed by atoms with Gasteiger partial charge in [0.2, 0.25) is 5.91 Å². The van der Waals surface area contributed by atoms with Crippen molar-refractivity contribution in [3.8, 4) is 5.75 Å². The number of para-hydroxylation sites is 1. The predicted molar refractivity (Wildman–Crippen MR) is 118 cm³/mol. The molecule has 32 heavy (non-hydrogen) atoms. The van der Waals surface area contributed by atoms with E-state index in [1.165, 1.54) is 0 Å². The molecule has 1 aromatic carbocycles. The number of hydrogen-bond donors (Lipinski definition) is 1. The Hall–Kier alpha value is -3.26. The number of nitrogens with zero attached hydrogens (tertiary/aromatic N) is 5. The topological polar surface area (TPSA) is 85.2 Å². The second-order valence-corrected chi connectivity index (χ2v) is 8.65. The summed E-state index contributed by atoms with van der Waals surface area (Å²) in [7, 11) is 0. The van der Waals surface area contributed by atoms with Crippen molar-refractivity contribution in [3.63, 3.8) is 0 Å². The summed E-state index contributed by atoms with van der Waals surface area (Å²) in [6.45, 7) is 3.58. The van der Waals surface area contributed by atoms with Crippen LogP contribution in [0.2, 0.25) is 0 Å². The van der Waals surface area contributed by atoms with E-state index in [2.05, 4.69) is 25.5 Å². The van der Waals surface area contributed by atoms with Crippen molar-refractivity contribution >= 4 is 5.91 Å². The normalized spacial score (nSPS) is 24.2. The summed E-state index contributed by atoms with van der Waals surface area (Å²) >= 11 is 0. The van der Waals surface area contributed by atoms with Gasteiger partial charge in [0.25, 0.3) is 0 Å². The number of carbonyl (C=O) groups excluding carboxylic acids is 1. The van der Waals surface area contributed by atoms with Crippen LogP contribution in [0, 0.1) is 11.8 Å². The van der Waals surface area contributed by atoms with Gasteiger partial charge in [-0.2, -0.15) is 0 Å². The number of aromatic nitrogens is 4. The van der Waals surface area contributed by atoms with Gasteiger partial charge in [-0.05, 0) is 49.1 Å². The van der Waals surface area contributed by atoms with Crippen molar-refractivity contribution in [1.82, 2.24) is 30.2 Å². The summed E-state index contributed by atoms with van der Waals surface area (Å²) in [6, 6.07) is 14.0. The first-order valence-corrected chi connectivity index (χ1v) is 11.2. The third-order valence-electron chi connectivity index (χ3n) is 6.52. The van der Waals surface area contributed by atoms with Gasteiger partial charge in [0, 0.05) is 31.5 Å². The number of benzene rings is 1. The lowest BCUT2D eigenvalue weighted by Crippen LogP contribution is -2.58. The van der Waals surface area contributed by atoms with E-state index in [-0.39, 0.29) is 11.8 Å². The maximum atomic E-state index is 12.8. The summed E-state index contributed by atoms with van der Waals surface area (Å²) in [5.41, 5.74) is 1.84. The van der Waals surface area contributed by atoms with E-state index < -0.39 is 0 Å². The SMILES string of the molecule is O=C(NCc1cccnc1)[C@H]1CN2CC[C@@H]1C[C@@H]2Cn1cc(COc2ccccc2)nn1. The Kier molecular flexibility index (Phi) is 6.11. The molecule has 3 aliphatic rings. The molecule has 5 heterocycles. The minimum absolute atomic E-state index is 0.0576. The Labute approximate surface area is 187 Å². The van der Waals surface area contributed by atoms with Crippen LogP contribution in [0.15, 0.2) is 61.1 Å². The van der Waals surface area contributed by atoms with Gasteiger partial charge in [-0.25, -0.2) is 0 Å². The summed E-state index contributed by atoms with van der Waals surface area (Å²) in [5.74, 6) is 1.46. The molecule has 6 rings (SSSR count). The molecule has 0 radical (unpaired) electrons. The lowest BCUT2D eigenvalue weighted by atomic mass is 9.75. The van der Waals surface area contributed by atoms with E-state index in [1.54, 1.807) is 12.4 Å². The molecule has 2 aromatic heterocycles. The van der Waals surface area contributed by atoms with Gasteiger partial charge in [0.1, 0.15) is 18.1 Å². The number of carbonyl (C=O) groups is 1. The third kappa shape index (κ3) is 4.80. The molecule has 0 aliphatic carbocycles. The van der Waals surface area contributed by atoms with Gasteiger partial charge in [0.15, 0.2) is 0 Å². The van der Waals surface area contributed by atoms with Crippen LogP contribution in [0.1, 0.15) is 24.1 Å². The molecule has 3 saturated heterocycles. The number of ether oxygens (including phenoxy) is 1. The molecule has 8 nitrogen and oxygen atoms in total. The van der Waals surface area contributed by atoms with Crippen molar-refractivity contribution < 1.29 is 9.53 Å². The van der Waals surface area contributed by atoms with Gasteiger partial charge in [0.05, 0.1) is 18.7 Å². The third-order valence-corrected chi connectivity index (χ3v) is 6.52. The molecule has 8 heteroatoms. The molecule has 0 spiro atoms. The molecule has 3 aliphatic heterocycles. The number of fused-ring (bicyclic) bond motifs is 3. The van der Waals surface area contributed by atoms with Crippen LogP contribution >= 0.6 is 0 Å². The lowest BCUT2D eigenvalue weighted by molar-refractivity contribution is -0.133. The van der Waals surface area contributed by atoms with Crippen LogP contribution in [-0.4, -0.2) is 49.9 Å². The van der Waals surface area contributed by atoms with E-state index in [1.807, 2.05) is 53.3 Å². The largest absolute Gasteiger partial charge is 0.487 e. The molecule has 3 fully saturated rings. The number of rotatable bonds is 8. The fraction of sp³-hybridized carbons (Fsp3) is 0.417. The van der Waals surface area contributed by atoms with E-state index in [4.69, 9.17) is 4.74 Å². The Morgan fingerprint density at radius 1 is 1.19 bits per heavy atom. The number of amides is 1. The Bertz CT molecular complexity index is 1030. The maximum absolute atomic E-state index is 12.8. The van der Waals surface area contributed by atoms with Crippen LogP contribution in [0.4, 0.5) is 0 Å². The van der Waals surface area contributed by atoms with Crippen LogP contribution in [0.5, 0.6) is 5.75 Å². The number of piperidine rings is 3. The number of hydrogen-bond acceptors (Lipinski definition) is 6. The Morgan fingerprint density at radius 3 is 2.88 bits per heavy atom. The summed E-state index contributed by atoms with van der Waals surface area (Å²) < 4.78 is 7.67. The zero-order chi connectivity index (χ0) is 21.8. The first-order valence-electron chi connectivity index (χ1n) is 11.2. The number of nitrogens with one attached hydrogen (secondary N) is 1. The zero-order valence-electron chi connectivity index (χ0n) is 18.0. The van der Waals surface area contributed by atoms with Crippen LogP contribution in [0.25, 0.3) is 0 Å². The minimum atomic E-state index is 0.0576. The number of pyridine rings is 1. The van der Waals surface area contributed by atoms with Gasteiger partial charge < -0.3 is 10.1 Å². The van der Waals surface area contributed by atoms with Gasteiger partial charge in [-0.3, -0.25) is 19.4 Å². The van der Waals surface area contributed by atoms with E-state index in [0.717, 1.165) is 49.5 Å². The highest BCUT2D eigenvalue weighted by Gasteiger charge is 2.43. The first-order chi connectivity index (χ1) is 15.7. The van der Waals surface area contributed by atoms with Crippen molar-refractivity contribution in [2.75, 3.05) is 13.1 Å². The van der Waals surface area contributed by atoms with E-state index >= 15 is 0 Å². The smallest absolute Gasteiger partial charge is 0.224 e. The zero-order valence-corrected chi connectivity index (χ0v) is 18.0. The van der Waals surface area contributed by atoms with E-state index in [9.17, 15) is 4.79 Å². The molecular formula is C24H28N6O2. The summed E-state index contributed by atoms with van der Waals surface area (Å²) in [5, 5.41) is 11.7. The molecular weight excluding hydrogens is 404 g/mol. The highest BCUT2D eigenvalue weighted by atomic mass is 16.5. The standard InChI is InChI=1S/C24H28N6O2/c31-24(26-13-18-5-4-9-25-12-18)23-16-29-10-8-19(23)11-21(29)15-30-14-20(27-28-30)17-32-22-6-2-1-3-7-22/h1-7,9,12,14,19,21,23H,8,10-11,13,15-17H2,(H,26,31)/t19-,21-,23+/m1/s1. The monoisotopic (exact) mass is 432 g/mol. The minimum Gasteiger partial charge on any atom is -0.487 e. The van der Waals surface area contributed by atoms with Crippen LogP contribution in [-0.2, 0) is 24.5 Å². The molecule has 4 atom stereocenters. The highest BCUT2D eigenvalue weighted by molar-refractivity contribution is 5.79. The predicted octanol–water partition coefficient (Wildman–Crippen LogP) is 2.28. The van der Waals surface area contributed by atoms with Gasteiger partial charge in [-0.1, -0.05) is 29.5 Å². The molecule has 166 valence electrons. The highest BCUT2D eigenvalue weighted by Crippen LogP contribution is 2.37. The molecule has 3 aromatic rings.